The average Bonchev–Trinajstić information content (AvgIpc) is 2.51. The van der Waals surface area contributed by atoms with Gasteiger partial charge in [-0.1, -0.05) is 29.3 Å². The predicted molar refractivity (Wildman–Crippen MR) is 94.6 cm³/mol. The molecule has 2 aromatic rings. The highest BCUT2D eigenvalue weighted by molar-refractivity contribution is 7.92. The second kappa shape index (κ2) is 7.29. The molecule has 0 atom stereocenters. The van der Waals surface area contributed by atoms with Crippen molar-refractivity contribution in [3.8, 4) is 5.75 Å². The average molecular weight is 389 g/mol. The molecule has 6 nitrogen and oxygen atoms in total. The lowest BCUT2D eigenvalue weighted by molar-refractivity contribution is -0.114. The van der Waals surface area contributed by atoms with E-state index in [1.165, 1.54) is 38.3 Å². The zero-order valence-electron chi connectivity index (χ0n) is 12.8. The Balaban J connectivity index is 2.39. The predicted octanol–water partition coefficient (Wildman–Crippen LogP) is 3.76. The van der Waals surface area contributed by atoms with Crippen LogP contribution in [-0.4, -0.2) is 21.4 Å². The molecule has 0 heterocycles. The molecular weight excluding hydrogens is 375 g/mol. The van der Waals surface area contributed by atoms with Crippen molar-refractivity contribution in [1.29, 1.82) is 0 Å². The van der Waals surface area contributed by atoms with Gasteiger partial charge in [-0.2, -0.15) is 0 Å². The summed E-state index contributed by atoms with van der Waals surface area (Å²) in [6.07, 6.45) is 0. The van der Waals surface area contributed by atoms with Crippen LogP contribution in [0, 0.1) is 0 Å². The highest BCUT2D eigenvalue weighted by atomic mass is 35.5. The fourth-order valence-electron chi connectivity index (χ4n) is 1.92. The van der Waals surface area contributed by atoms with Gasteiger partial charge in [0.05, 0.1) is 33.4 Å². The van der Waals surface area contributed by atoms with Crippen molar-refractivity contribution in [3.05, 3.63) is 46.4 Å². The molecule has 0 fully saturated rings. The number of halogens is 2. The van der Waals surface area contributed by atoms with Crippen LogP contribution in [0.25, 0.3) is 0 Å². The monoisotopic (exact) mass is 388 g/mol. The molecule has 0 aromatic heterocycles. The van der Waals surface area contributed by atoms with E-state index in [-0.39, 0.29) is 32.3 Å². The third kappa shape index (κ3) is 4.11. The summed E-state index contributed by atoms with van der Waals surface area (Å²) in [6, 6.07) is 8.70. The Kier molecular flexibility index (Phi) is 5.58. The van der Waals surface area contributed by atoms with E-state index >= 15 is 0 Å². The summed E-state index contributed by atoms with van der Waals surface area (Å²) in [7, 11) is -2.54. The van der Waals surface area contributed by atoms with E-state index in [0.29, 0.717) is 5.69 Å². The Morgan fingerprint density at radius 3 is 2.46 bits per heavy atom. The number of rotatable bonds is 5. The van der Waals surface area contributed by atoms with Crippen LogP contribution in [0.4, 0.5) is 11.4 Å². The maximum atomic E-state index is 12.5. The number of benzene rings is 2. The standard InChI is InChI=1S/C15H14Cl2N2O4S/c1-9(20)18-12-7-6-10(8-14(12)23-2)24(21,22)19-13-5-3-4-11(16)15(13)17/h3-8,19H,1-2H3,(H,18,20). The molecule has 0 saturated carbocycles. The SMILES string of the molecule is COc1cc(S(=O)(=O)Nc2cccc(Cl)c2Cl)ccc1NC(C)=O. The van der Waals surface area contributed by atoms with Gasteiger partial charge in [0.25, 0.3) is 10.0 Å². The molecular formula is C15H14Cl2N2O4S. The Labute approximate surface area is 149 Å². The lowest BCUT2D eigenvalue weighted by atomic mass is 10.3. The molecule has 0 bridgehead atoms. The van der Waals surface area contributed by atoms with E-state index in [1.807, 2.05) is 0 Å². The van der Waals surface area contributed by atoms with Gasteiger partial charge in [0, 0.05) is 13.0 Å². The van der Waals surface area contributed by atoms with Gasteiger partial charge in [0.1, 0.15) is 5.75 Å². The summed E-state index contributed by atoms with van der Waals surface area (Å²) in [5, 5.41) is 2.88. The highest BCUT2D eigenvalue weighted by Gasteiger charge is 2.19. The minimum atomic E-state index is -3.92. The Hall–Kier alpha value is -1.96. The first-order valence-electron chi connectivity index (χ1n) is 6.67. The number of carbonyl (C=O) groups excluding carboxylic acids is 1. The van der Waals surface area contributed by atoms with E-state index < -0.39 is 10.0 Å². The van der Waals surface area contributed by atoms with E-state index in [2.05, 4.69) is 10.0 Å². The van der Waals surface area contributed by atoms with Crippen LogP contribution in [0.2, 0.25) is 10.0 Å². The van der Waals surface area contributed by atoms with Gasteiger partial charge in [-0.15, -0.1) is 0 Å². The minimum Gasteiger partial charge on any atom is -0.495 e. The number of anilines is 2. The third-order valence-corrected chi connectivity index (χ3v) is 5.17. The second-order valence-electron chi connectivity index (χ2n) is 4.75. The fraction of sp³-hybridized carbons (Fsp3) is 0.133. The van der Waals surface area contributed by atoms with Crippen LogP contribution >= 0.6 is 23.2 Å². The van der Waals surface area contributed by atoms with Gasteiger partial charge >= 0.3 is 0 Å². The number of amides is 1. The van der Waals surface area contributed by atoms with Crippen LogP contribution in [0.1, 0.15) is 6.92 Å². The number of ether oxygens (including phenoxy) is 1. The van der Waals surface area contributed by atoms with E-state index in [9.17, 15) is 13.2 Å². The molecule has 0 spiro atoms. The maximum Gasteiger partial charge on any atom is 0.262 e. The van der Waals surface area contributed by atoms with Gasteiger partial charge in [0.2, 0.25) is 5.91 Å². The number of nitrogens with one attached hydrogen (secondary N) is 2. The van der Waals surface area contributed by atoms with Crippen molar-refractivity contribution in [1.82, 2.24) is 0 Å². The molecule has 0 aliphatic carbocycles. The highest BCUT2D eigenvalue weighted by Crippen LogP contribution is 2.32. The molecule has 2 aromatic carbocycles. The molecule has 0 saturated heterocycles. The van der Waals surface area contributed by atoms with Crippen LogP contribution in [0.15, 0.2) is 41.3 Å². The number of methoxy groups -OCH3 is 1. The second-order valence-corrected chi connectivity index (χ2v) is 7.22. The van der Waals surface area contributed by atoms with Gasteiger partial charge in [-0.3, -0.25) is 9.52 Å². The van der Waals surface area contributed by atoms with E-state index in [0.717, 1.165) is 0 Å². The molecule has 0 aliphatic heterocycles. The Morgan fingerprint density at radius 1 is 1.12 bits per heavy atom. The smallest absolute Gasteiger partial charge is 0.262 e. The van der Waals surface area contributed by atoms with Gasteiger partial charge in [-0.25, -0.2) is 8.42 Å². The number of carbonyl (C=O) groups is 1. The lowest BCUT2D eigenvalue weighted by Crippen LogP contribution is -2.14. The number of hydrogen-bond acceptors (Lipinski definition) is 4. The zero-order valence-corrected chi connectivity index (χ0v) is 15.1. The van der Waals surface area contributed by atoms with Crippen molar-refractivity contribution in [2.24, 2.45) is 0 Å². The zero-order chi connectivity index (χ0) is 17.9. The van der Waals surface area contributed by atoms with Gasteiger partial charge < -0.3 is 10.1 Å². The van der Waals surface area contributed by atoms with Gasteiger partial charge in [0.15, 0.2) is 0 Å². The van der Waals surface area contributed by atoms with Crippen molar-refractivity contribution in [3.63, 3.8) is 0 Å². The molecule has 1 amide bonds. The summed E-state index contributed by atoms with van der Waals surface area (Å²) in [4.78, 5) is 11.1. The minimum absolute atomic E-state index is 0.0514. The first kappa shape index (κ1) is 18.4. The molecule has 0 unspecified atom stereocenters. The Morgan fingerprint density at radius 2 is 1.83 bits per heavy atom. The van der Waals surface area contributed by atoms with Crippen LogP contribution in [0.3, 0.4) is 0 Å². The molecule has 0 aliphatic rings. The molecule has 9 heteroatoms. The quantitative estimate of drug-likeness (QED) is 0.816. The summed E-state index contributed by atoms with van der Waals surface area (Å²) >= 11 is 11.9. The van der Waals surface area contributed by atoms with Crippen molar-refractivity contribution in [2.45, 2.75) is 11.8 Å². The van der Waals surface area contributed by atoms with Crippen molar-refractivity contribution in [2.75, 3.05) is 17.1 Å². The number of hydrogen-bond donors (Lipinski definition) is 2. The number of sulfonamides is 1. The summed E-state index contributed by atoms with van der Waals surface area (Å²) in [5.74, 6) is -0.0852. The van der Waals surface area contributed by atoms with Crippen LogP contribution in [0.5, 0.6) is 5.75 Å². The normalized spacial score (nSPS) is 11.0. The molecule has 2 rings (SSSR count). The first-order valence-corrected chi connectivity index (χ1v) is 8.91. The van der Waals surface area contributed by atoms with Crippen LogP contribution < -0.4 is 14.8 Å². The fourth-order valence-corrected chi connectivity index (χ4v) is 3.41. The van der Waals surface area contributed by atoms with E-state index in [4.69, 9.17) is 27.9 Å². The Bertz CT molecular complexity index is 885. The van der Waals surface area contributed by atoms with Crippen LogP contribution in [-0.2, 0) is 14.8 Å². The van der Waals surface area contributed by atoms with E-state index in [1.54, 1.807) is 12.1 Å². The molecule has 128 valence electrons. The summed E-state index contributed by atoms with van der Waals surface area (Å²) in [5.41, 5.74) is 0.527. The molecule has 24 heavy (non-hydrogen) atoms. The largest absolute Gasteiger partial charge is 0.495 e. The third-order valence-electron chi connectivity index (χ3n) is 2.99. The molecule has 0 radical (unpaired) electrons. The summed E-state index contributed by atoms with van der Waals surface area (Å²) in [6.45, 7) is 1.34. The van der Waals surface area contributed by atoms with Gasteiger partial charge in [-0.05, 0) is 24.3 Å². The lowest BCUT2D eigenvalue weighted by Gasteiger charge is -2.13. The summed E-state index contributed by atoms with van der Waals surface area (Å²) < 4.78 is 32.5. The topological polar surface area (TPSA) is 84.5 Å². The maximum absolute atomic E-state index is 12.5. The van der Waals surface area contributed by atoms with Crippen molar-refractivity contribution < 1.29 is 17.9 Å². The molecule has 2 N–H and O–H groups in total. The van der Waals surface area contributed by atoms with Crippen molar-refractivity contribution >= 4 is 50.5 Å². The first-order chi connectivity index (χ1) is 11.2.